The second kappa shape index (κ2) is 5.72. The molecule has 1 aliphatic rings. The summed E-state index contributed by atoms with van der Waals surface area (Å²) < 4.78 is 0. The van der Waals surface area contributed by atoms with Gasteiger partial charge in [0.15, 0.2) is 0 Å². The van der Waals surface area contributed by atoms with Crippen molar-refractivity contribution < 1.29 is 0 Å². The van der Waals surface area contributed by atoms with Crippen molar-refractivity contribution in [1.82, 2.24) is 10.3 Å². The van der Waals surface area contributed by atoms with Crippen molar-refractivity contribution in [1.29, 1.82) is 0 Å². The van der Waals surface area contributed by atoms with E-state index in [1.54, 1.807) is 0 Å². The summed E-state index contributed by atoms with van der Waals surface area (Å²) in [6, 6.07) is 9.93. The van der Waals surface area contributed by atoms with Crippen LogP contribution in [0.25, 0.3) is 0 Å². The number of rotatable bonds is 3. The van der Waals surface area contributed by atoms with Crippen LogP contribution in [-0.4, -0.2) is 12.0 Å². The normalized spacial score (nSPS) is 18.9. The number of pyridine rings is 1. The van der Waals surface area contributed by atoms with Crippen molar-refractivity contribution >= 4 is 23.2 Å². The number of halogens is 2. The number of aromatic nitrogens is 1. The molecule has 1 N–H and O–H groups in total. The quantitative estimate of drug-likeness (QED) is 0.910. The topological polar surface area (TPSA) is 24.9 Å². The molecule has 2 atom stereocenters. The summed E-state index contributed by atoms with van der Waals surface area (Å²) >= 11 is 12.5. The largest absolute Gasteiger partial charge is 0.312 e. The summed E-state index contributed by atoms with van der Waals surface area (Å²) in [6.45, 7) is 0. The first-order chi connectivity index (χ1) is 9.70. The Morgan fingerprint density at radius 1 is 1.30 bits per heavy atom. The maximum atomic E-state index is 6.36. The number of likely N-dealkylation sites (N-methyl/N-ethyl adjacent to an activating group) is 1. The van der Waals surface area contributed by atoms with Crippen molar-refractivity contribution in [2.45, 2.75) is 24.8 Å². The Labute approximate surface area is 129 Å². The molecule has 104 valence electrons. The molecule has 1 aromatic carbocycles. The first-order valence-electron chi connectivity index (χ1n) is 6.76. The van der Waals surface area contributed by atoms with E-state index in [1.807, 2.05) is 37.5 Å². The SMILES string of the molecule is CNC(c1cc(Cl)ccc1Cl)C1CCc2cccnc21. The Hall–Kier alpha value is -1.09. The molecular formula is C16H16Cl2N2. The number of benzene rings is 1. The molecule has 0 saturated carbocycles. The first-order valence-corrected chi connectivity index (χ1v) is 7.52. The standard InChI is InChI=1S/C16H16Cl2N2/c1-19-16(13-9-11(17)5-7-14(13)18)12-6-4-10-3-2-8-20-15(10)12/h2-3,5,7-9,12,16,19H,4,6H2,1H3. The van der Waals surface area contributed by atoms with E-state index >= 15 is 0 Å². The fourth-order valence-electron chi connectivity index (χ4n) is 3.09. The van der Waals surface area contributed by atoms with Gasteiger partial charge in [-0.2, -0.15) is 0 Å². The lowest BCUT2D eigenvalue weighted by Gasteiger charge is -2.25. The monoisotopic (exact) mass is 306 g/mol. The third kappa shape index (κ3) is 2.44. The Balaban J connectivity index is 2.01. The first kappa shape index (κ1) is 13.9. The molecule has 0 amide bonds. The molecule has 0 saturated heterocycles. The van der Waals surface area contributed by atoms with Crippen molar-refractivity contribution in [3.8, 4) is 0 Å². The van der Waals surface area contributed by atoms with Crippen molar-refractivity contribution in [3.63, 3.8) is 0 Å². The van der Waals surface area contributed by atoms with Gasteiger partial charge in [-0.1, -0.05) is 29.3 Å². The molecule has 0 aliphatic heterocycles. The van der Waals surface area contributed by atoms with Gasteiger partial charge in [-0.3, -0.25) is 4.98 Å². The van der Waals surface area contributed by atoms with E-state index < -0.39 is 0 Å². The van der Waals surface area contributed by atoms with Gasteiger partial charge < -0.3 is 5.32 Å². The van der Waals surface area contributed by atoms with Crippen LogP contribution in [0.5, 0.6) is 0 Å². The third-order valence-electron chi connectivity index (χ3n) is 4.01. The highest BCUT2D eigenvalue weighted by atomic mass is 35.5. The predicted octanol–water partition coefficient (Wildman–Crippen LogP) is 4.38. The van der Waals surface area contributed by atoms with Gasteiger partial charge in [-0.05, 0) is 55.3 Å². The Bertz CT molecular complexity index is 628. The lowest BCUT2D eigenvalue weighted by molar-refractivity contribution is 0.470. The molecule has 2 nitrogen and oxygen atoms in total. The number of hydrogen-bond acceptors (Lipinski definition) is 2. The molecule has 3 rings (SSSR count). The Morgan fingerprint density at radius 3 is 2.95 bits per heavy atom. The fraction of sp³-hybridized carbons (Fsp3) is 0.312. The van der Waals surface area contributed by atoms with Crippen molar-refractivity contribution in [2.75, 3.05) is 7.05 Å². The van der Waals surface area contributed by atoms with E-state index in [0.29, 0.717) is 10.9 Å². The Morgan fingerprint density at radius 2 is 2.15 bits per heavy atom. The molecule has 0 bridgehead atoms. The molecule has 1 heterocycles. The molecule has 1 aliphatic carbocycles. The number of hydrogen-bond donors (Lipinski definition) is 1. The van der Waals surface area contributed by atoms with Gasteiger partial charge in [0, 0.05) is 33.9 Å². The highest BCUT2D eigenvalue weighted by Gasteiger charge is 2.32. The zero-order valence-corrected chi connectivity index (χ0v) is 12.7. The minimum Gasteiger partial charge on any atom is -0.312 e. The summed E-state index contributed by atoms with van der Waals surface area (Å²) in [5.74, 6) is 0.340. The molecule has 1 aromatic heterocycles. The highest BCUT2D eigenvalue weighted by Crippen LogP contribution is 2.42. The van der Waals surface area contributed by atoms with Crippen LogP contribution in [-0.2, 0) is 6.42 Å². The van der Waals surface area contributed by atoms with Crippen LogP contribution in [0, 0.1) is 0 Å². The zero-order chi connectivity index (χ0) is 14.1. The van der Waals surface area contributed by atoms with Crippen molar-refractivity contribution in [2.24, 2.45) is 0 Å². The third-order valence-corrected chi connectivity index (χ3v) is 4.59. The van der Waals surface area contributed by atoms with Gasteiger partial charge in [0.25, 0.3) is 0 Å². The number of nitrogens with one attached hydrogen (secondary N) is 1. The number of aryl methyl sites for hydroxylation is 1. The van der Waals surface area contributed by atoms with E-state index in [2.05, 4.69) is 16.4 Å². The predicted molar refractivity (Wildman–Crippen MR) is 83.6 cm³/mol. The summed E-state index contributed by atoms with van der Waals surface area (Å²) in [7, 11) is 1.96. The maximum Gasteiger partial charge on any atom is 0.0485 e. The van der Waals surface area contributed by atoms with Gasteiger partial charge in [-0.15, -0.1) is 0 Å². The fourth-order valence-corrected chi connectivity index (χ4v) is 3.51. The lowest BCUT2D eigenvalue weighted by atomic mass is 9.91. The van der Waals surface area contributed by atoms with Crippen LogP contribution in [0.4, 0.5) is 0 Å². The number of nitrogens with zero attached hydrogens (tertiary/aromatic N) is 1. The van der Waals surface area contributed by atoms with E-state index in [1.165, 1.54) is 11.3 Å². The van der Waals surface area contributed by atoms with Gasteiger partial charge in [0.1, 0.15) is 0 Å². The van der Waals surface area contributed by atoms with Gasteiger partial charge in [0.05, 0.1) is 0 Å². The lowest BCUT2D eigenvalue weighted by Crippen LogP contribution is -2.23. The van der Waals surface area contributed by atoms with E-state index in [0.717, 1.165) is 23.4 Å². The molecule has 4 heteroatoms. The molecular weight excluding hydrogens is 291 g/mol. The van der Waals surface area contributed by atoms with Crippen molar-refractivity contribution in [3.05, 3.63) is 63.4 Å². The van der Waals surface area contributed by atoms with Crippen LogP contribution in [0.3, 0.4) is 0 Å². The summed E-state index contributed by atoms with van der Waals surface area (Å²) in [5.41, 5.74) is 3.57. The minimum absolute atomic E-state index is 0.136. The molecule has 20 heavy (non-hydrogen) atoms. The average molecular weight is 307 g/mol. The van der Waals surface area contributed by atoms with Crippen LogP contribution >= 0.6 is 23.2 Å². The smallest absolute Gasteiger partial charge is 0.0485 e. The van der Waals surface area contributed by atoms with Gasteiger partial charge in [-0.25, -0.2) is 0 Å². The Kier molecular flexibility index (Phi) is 3.97. The van der Waals surface area contributed by atoms with Gasteiger partial charge in [0.2, 0.25) is 0 Å². The second-order valence-corrected chi connectivity index (χ2v) is 5.97. The average Bonchev–Trinajstić information content (AvgIpc) is 2.88. The van der Waals surface area contributed by atoms with E-state index in [9.17, 15) is 0 Å². The van der Waals surface area contributed by atoms with Gasteiger partial charge >= 0.3 is 0 Å². The van der Waals surface area contributed by atoms with E-state index in [-0.39, 0.29) is 6.04 Å². The molecule has 0 fully saturated rings. The molecule has 2 aromatic rings. The molecule has 0 radical (unpaired) electrons. The van der Waals surface area contributed by atoms with Crippen LogP contribution in [0.2, 0.25) is 10.0 Å². The van der Waals surface area contributed by atoms with Crippen LogP contribution < -0.4 is 5.32 Å². The highest BCUT2D eigenvalue weighted by molar-refractivity contribution is 6.33. The van der Waals surface area contributed by atoms with E-state index in [4.69, 9.17) is 23.2 Å². The van der Waals surface area contributed by atoms with Crippen LogP contribution in [0.15, 0.2) is 36.5 Å². The summed E-state index contributed by atoms with van der Waals surface area (Å²) in [4.78, 5) is 4.57. The molecule has 0 spiro atoms. The molecule has 2 unspecified atom stereocenters. The summed E-state index contributed by atoms with van der Waals surface area (Å²) in [5, 5.41) is 4.85. The van der Waals surface area contributed by atoms with Crippen LogP contribution in [0.1, 0.15) is 35.2 Å². The second-order valence-electron chi connectivity index (χ2n) is 5.13. The maximum absolute atomic E-state index is 6.36. The summed E-state index contributed by atoms with van der Waals surface area (Å²) in [6.07, 6.45) is 4.02. The number of fused-ring (bicyclic) bond motifs is 1. The zero-order valence-electron chi connectivity index (χ0n) is 11.2. The minimum atomic E-state index is 0.136.